The van der Waals surface area contributed by atoms with E-state index in [-0.39, 0.29) is 0 Å². The van der Waals surface area contributed by atoms with Crippen LogP contribution in [0.3, 0.4) is 0 Å². The first kappa shape index (κ1) is 13.7. The Hall–Kier alpha value is -1.29. The number of aryl methyl sites for hydroxylation is 1. The van der Waals surface area contributed by atoms with Crippen molar-refractivity contribution in [1.82, 2.24) is 9.88 Å². The summed E-state index contributed by atoms with van der Waals surface area (Å²) in [4.78, 5) is 9.67. The minimum absolute atomic E-state index is 0.692. The normalized spacial score (nSPS) is 24.6. The molecule has 3 heterocycles. The van der Waals surface area contributed by atoms with Gasteiger partial charge in [-0.1, -0.05) is 6.42 Å². The van der Waals surface area contributed by atoms with Gasteiger partial charge in [0, 0.05) is 30.9 Å². The van der Waals surface area contributed by atoms with E-state index in [1.807, 2.05) is 19.1 Å². The SMILES string of the molecule is COc1ccc(C)nc1N1CC(N2CCCCC2C)C1. The molecule has 4 nitrogen and oxygen atoms in total. The number of piperidine rings is 1. The largest absolute Gasteiger partial charge is 0.493 e. The highest BCUT2D eigenvalue weighted by Gasteiger charge is 2.36. The maximum absolute atomic E-state index is 5.44. The van der Waals surface area contributed by atoms with E-state index >= 15 is 0 Å². The van der Waals surface area contributed by atoms with Gasteiger partial charge in [0.1, 0.15) is 0 Å². The molecule has 2 aliphatic heterocycles. The van der Waals surface area contributed by atoms with Crippen LogP contribution in [0.25, 0.3) is 0 Å². The van der Waals surface area contributed by atoms with Crippen LogP contribution in [0.5, 0.6) is 5.75 Å². The molecule has 110 valence electrons. The molecule has 3 rings (SSSR count). The molecule has 4 heteroatoms. The second-order valence-electron chi connectivity index (χ2n) is 6.12. The number of pyridine rings is 1. The van der Waals surface area contributed by atoms with Crippen LogP contribution in [0, 0.1) is 6.92 Å². The molecule has 0 spiro atoms. The van der Waals surface area contributed by atoms with Crippen LogP contribution < -0.4 is 9.64 Å². The van der Waals surface area contributed by atoms with Gasteiger partial charge in [0.05, 0.1) is 7.11 Å². The smallest absolute Gasteiger partial charge is 0.171 e. The Morgan fingerprint density at radius 3 is 2.75 bits per heavy atom. The van der Waals surface area contributed by atoms with Gasteiger partial charge in [0.2, 0.25) is 0 Å². The zero-order valence-electron chi connectivity index (χ0n) is 12.8. The molecule has 1 unspecified atom stereocenters. The van der Waals surface area contributed by atoms with Crippen molar-refractivity contribution in [3.8, 4) is 5.75 Å². The van der Waals surface area contributed by atoms with E-state index in [1.54, 1.807) is 7.11 Å². The summed E-state index contributed by atoms with van der Waals surface area (Å²) < 4.78 is 5.44. The van der Waals surface area contributed by atoms with Crippen molar-refractivity contribution in [3.05, 3.63) is 17.8 Å². The Bertz CT molecular complexity index is 471. The van der Waals surface area contributed by atoms with Gasteiger partial charge < -0.3 is 9.64 Å². The topological polar surface area (TPSA) is 28.6 Å². The highest BCUT2D eigenvalue weighted by Crippen LogP contribution is 2.32. The molecule has 0 aliphatic carbocycles. The number of anilines is 1. The predicted molar refractivity (Wildman–Crippen MR) is 81.5 cm³/mol. The molecule has 20 heavy (non-hydrogen) atoms. The quantitative estimate of drug-likeness (QED) is 0.847. The van der Waals surface area contributed by atoms with Crippen molar-refractivity contribution in [2.45, 2.75) is 45.2 Å². The van der Waals surface area contributed by atoms with E-state index in [0.717, 1.165) is 36.4 Å². The zero-order valence-corrected chi connectivity index (χ0v) is 12.8. The van der Waals surface area contributed by atoms with Gasteiger partial charge in [0.15, 0.2) is 11.6 Å². The number of hydrogen-bond acceptors (Lipinski definition) is 4. The lowest BCUT2D eigenvalue weighted by Gasteiger charge is -2.49. The molecule has 0 saturated carbocycles. The molecule has 0 N–H and O–H groups in total. The summed E-state index contributed by atoms with van der Waals surface area (Å²) in [5.41, 5.74) is 1.05. The number of hydrogen-bond donors (Lipinski definition) is 0. The van der Waals surface area contributed by atoms with Gasteiger partial charge >= 0.3 is 0 Å². The average molecular weight is 275 g/mol. The molecule has 0 radical (unpaired) electrons. The molecular weight excluding hydrogens is 250 g/mol. The second-order valence-corrected chi connectivity index (χ2v) is 6.12. The molecular formula is C16H25N3O. The summed E-state index contributed by atoms with van der Waals surface area (Å²) in [6, 6.07) is 5.46. The fourth-order valence-corrected chi connectivity index (χ4v) is 3.42. The van der Waals surface area contributed by atoms with Crippen molar-refractivity contribution in [3.63, 3.8) is 0 Å². The van der Waals surface area contributed by atoms with E-state index in [4.69, 9.17) is 4.74 Å². The first-order valence-corrected chi connectivity index (χ1v) is 7.71. The van der Waals surface area contributed by atoms with Gasteiger partial charge in [0.25, 0.3) is 0 Å². The fraction of sp³-hybridized carbons (Fsp3) is 0.688. The number of nitrogens with zero attached hydrogens (tertiary/aromatic N) is 3. The highest BCUT2D eigenvalue weighted by atomic mass is 16.5. The molecule has 0 bridgehead atoms. The summed E-state index contributed by atoms with van der Waals surface area (Å²) in [7, 11) is 1.72. The van der Waals surface area contributed by atoms with E-state index in [9.17, 15) is 0 Å². The lowest BCUT2D eigenvalue weighted by atomic mass is 9.97. The van der Waals surface area contributed by atoms with Gasteiger partial charge in [-0.25, -0.2) is 4.98 Å². The van der Waals surface area contributed by atoms with Gasteiger partial charge in [-0.15, -0.1) is 0 Å². The molecule has 1 aromatic heterocycles. The van der Waals surface area contributed by atoms with Gasteiger partial charge in [-0.05, 0) is 45.4 Å². The average Bonchev–Trinajstić information content (AvgIpc) is 2.39. The Morgan fingerprint density at radius 1 is 1.25 bits per heavy atom. The van der Waals surface area contributed by atoms with Crippen molar-refractivity contribution in [2.75, 3.05) is 31.6 Å². The Morgan fingerprint density at radius 2 is 2.05 bits per heavy atom. The second kappa shape index (κ2) is 5.60. The molecule has 1 aromatic rings. The van der Waals surface area contributed by atoms with Crippen molar-refractivity contribution in [2.24, 2.45) is 0 Å². The summed E-state index contributed by atoms with van der Waals surface area (Å²) in [5, 5.41) is 0. The number of ether oxygens (including phenoxy) is 1. The first-order chi connectivity index (χ1) is 9.69. The molecule has 2 saturated heterocycles. The summed E-state index contributed by atoms with van der Waals surface area (Å²) in [5.74, 6) is 1.90. The molecule has 0 aromatic carbocycles. The summed E-state index contributed by atoms with van der Waals surface area (Å²) in [6.45, 7) is 7.83. The summed E-state index contributed by atoms with van der Waals surface area (Å²) >= 11 is 0. The van der Waals surface area contributed by atoms with Crippen LogP contribution >= 0.6 is 0 Å². The lowest BCUT2D eigenvalue weighted by molar-refractivity contribution is 0.0870. The minimum Gasteiger partial charge on any atom is -0.493 e. The van der Waals surface area contributed by atoms with Crippen molar-refractivity contribution >= 4 is 5.82 Å². The number of rotatable bonds is 3. The Labute approximate surface area is 121 Å². The zero-order chi connectivity index (χ0) is 14.1. The number of aromatic nitrogens is 1. The molecule has 2 fully saturated rings. The van der Waals surface area contributed by atoms with Crippen molar-refractivity contribution in [1.29, 1.82) is 0 Å². The number of likely N-dealkylation sites (tertiary alicyclic amines) is 1. The van der Waals surface area contributed by atoms with Crippen LogP contribution in [0.1, 0.15) is 31.9 Å². The fourth-order valence-electron chi connectivity index (χ4n) is 3.42. The maximum Gasteiger partial charge on any atom is 0.171 e. The van der Waals surface area contributed by atoms with Crippen LogP contribution in [-0.2, 0) is 0 Å². The van der Waals surface area contributed by atoms with E-state index in [0.29, 0.717) is 6.04 Å². The van der Waals surface area contributed by atoms with E-state index in [1.165, 1.54) is 25.8 Å². The Kier molecular flexibility index (Phi) is 3.83. The summed E-state index contributed by atoms with van der Waals surface area (Å²) in [6.07, 6.45) is 4.09. The first-order valence-electron chi connectivity index (χ1n) is 7.71. The molecule has 0 amide bonds. The van der Waals surface area contributed by atoms with Gasteiger partial charge in [-0.2, -0.15) is 0 Å². The Balaban J connectivity index is 1.66. The monoisotopic (exact) mass is 275 g/mol. The third-order valence-corrected chi connectivity index (χ3v) is 4.68. The third kappa shape index (κ3) is 2.49. The predicted octanol–water partition coefficient (Wildman–Crippen LogP) is 2.46. The van der Waals surface area contributed by atoms with Crippen LogP contribution in [-0.4, -0.2) is 48.7 Å². The number of methoxy groups -OCH3 is 1. The highest BCUT2D eigenvalue weighted by molar-refractivity contribution is 5.55. The molecule has 1 atom stereocenters. The minimum atomic E-state index is 0.692. The van der Waals surface area contributed by atoms with Crippen LogP contribution in [0.4, 0.5) is 5.82 Å². The van der Waals surface area contributed by atoms with Gasteiger partial charge in [-0.3, -0.25) is 4.90 Å². The maximum atomic E-state index is 5.44. The standard InChI is InChI=1S/C16H25N3O/c1-12-7-8-15(20-3)16(17-12)18-10-14(11-18)19-9-5-4-6-13(19)2/h7-8,13-14H,4-6,9-11H2,1-3H3. The van der Waals surface area contributed by atoms with Crippen molar-refractivity contribution < 1.29 is 4.74 Å². The lowest BCUT2D eigenvalue weighted by Crippen LogP contribution is -2.62. The van der Waals surface area contributed by atoms with E-state index < -0.39 is 0 Å². The molecule has 2 aliphatic rings. The van der Waals surface area contributed by atoms with Crippen LogP contribution in [0.2, 0.25) is 0 Å². The third-order valence-electron chi connectivity index (χ3n) is 4.68. The van der Waals surface area contributed by atoms with Crippen LogP contribution in [0.15, 0.2) is 12.1 Å². The van der Waals surface area contributed by atoms with E-state index in [2.05, 4.69) is 21.7 Å².